The van der Waals surface area contributed by atoms with Gasteiger partial charge in [0.05, 0.1) is 4.92 Å². The van der Waals surface area contributed by atoms with E-state index in [-0.39, 0.29) is 5.69 Å². The van der Waals surface area contributed by atoms with E-state index < -0.39 is 4.92 Å². The Balaban J connectivity index is 2.02. The van der Waals surface area contributed by atoms with Crippen molar-refractivity contribution in [2.24, 2.45) is 0 Å². The molecule has 0 aromatic heterocycles. The first-order valence-electron chi connectivity index (χ1n) is 5.48. The number of nitrogen functional groups attached to an aromatic ring is 1. The van der Waals surface area contributed by atoms with Crippen molar-refractivity contribution in [3.63, 3.8) is 0 Å². The number of benzene rings is 2. The van der Waals surface area contributed by atoms with Gasteiger partial charge in [-0.25, -0.2) is 0 Å². The number of para-hydroxylation sites is 1. The number of non-ortho nitro benzene ring substituents is 1. The smallest absolute Gasteiger partial charge is 0.269 e. The zero-order valence-electron chi connectivity index (χ0n) is 9.67. The van der Waals surface area contributed by atoms with Crippen molar-refractivity contribution < 1.29 is 4.92 Å². The Morgan fingerprint density at radius 3 is 2.39 bits per heavy atom. The summed E-state index contributed by atoms with van der Waals surface area (Å²) < 4.78 is 0. The van der Waals surface area contributed by atoms with Crippen LogP contribution in [0, 0.1) is 10.1 Å². The van der Waals surface area contributed by atoms with Crippen molar-refractivity contribution in [1.82, 2.24) is 0 Å². The van der Waals surface area contributed by atoms with Gasteiger partial charge in [0.15, 0.2) is 0 Å². The molecule has 5 nitrogen and oxygen atoms in total. The first-order valence-corrected chi connectivity index (χ1v) is 5.48. The summed E-state index contributed by atoms with van der Waals surface area (Å²) >= 11 is 0. The molecule has 0 radical (unpaired) electrons. The third-order valence-corrected chi connectivity index (χ3v) is 2.62. The van der Waals surface area contributed by atoms with E-state index in [4.69, 9.17) is 5.73 Å². The average molecular weight is 243 g/mol. The van der Waals surface area contributed by atoms with Gasteiger partial charge in [0.1, 0.15) is 0 Å². The monoisotopic (exact) mass is 243 g/mol. The first-order chi connectivity index (χ1) is 8.66. The maximum atomic E-state index is 10.5. The lowest BCUT2D eigenvalue weighted by molar-refractivity contribution is -0.384. The molecule has 0 unspecified atom stereocenters. The minimum Gasteiger partial charge on any atom is -0.398 e. The van der Waals surface area contributed by atoms with Crippen LogP contribution >= 0.6 is 0 Å². The van der Waals surface area contributed by atoms with E-state index in [0.717, 1.165) is 16.9 Å². The minimum atomic E-state index is -0.418. The Hall–Kier alpha value is -2.56. The van der Waals surface area contributed by atoms with E-state index in [1.807, 2.05) is 24.3 Å². The molecule has 18 heavy (non-hydrogen) atoms. The number of rotatable bonds is 4. The predicted molar refractivity (Wildman–Crippen MR) is 71.3 cm³/mol. The van der Waals surface area contributed by atoms with Crippen LogP contribution in [-0.2, 0) is 6.54 Å². The molecule has 2 aromatic carbocycles. The average Bonchev–Trinajstić information content (AvgIpc) is 2.38. The number of hydrogen-bond donors (Lipinski definition) is 2. The number of nitrogens with zero attached hydrogens (tertiary/aromatic N) is 1. The Labute approximate surface area is 104 Å². The number of nitrogens with one attached hydrogen (secondary N) is 1. The highest BCUT2D eigenvalue weighted by atomic mass is 16.6. The molecule has 0 fully saturated rings. The lowest BCUT2D eigenvalue weighted by Gasteiger charge is -2.08. The molecule has 0 amide bonds. The van der Waals surface area contributed by atoms with Gasteiger partial charge < -0.3 is 11.1 Å². The van der Waals surface area contributed by atoms with Crippen molar-refractivity contribution in [2.45, 2.75) is 6.54 Å². The summed E-state index contributed by atoms with van der Waals surface area (Å²) in [5.41, 5.74) is 8.45. The molecule has 92 valence electrons. The second-order valence-electron chi connectivity index (χ2n) is 3.86. The van der Waals surface area contributed by atoms with E-state index in [1.165, 1.54) is 12.1 Å². The molecule has 3 N–H and O–H groups in total. The van der Waals surface area contributed by atoms with Gasteiger partial charge in [0.25, 0.3) is 5.69 Å². The maximum absolute atomic E-state index is 10.5. The van der Waals surface area contributed by atoms with Crippen molar-refractivity contribution in [3.05, 3.63) is 64.2 Å². The molecule has 2 rings (SSSR count). The third kappa shape index (κ3) is 2.76. The molecular formula is C13H13N3O2. The van der Waals surface area contributed by atoms with Crippen LogP contribution in [0.15, 0.2) is 48.5 Å². The third-order valence-electron chi connectivity index (χ3n) is 2.62. The number of nitro groups is 1. The Bertz CT molecular complexity index is 552. The fraction of sp³-hybridized carbons (Fsp3) is 0.0769. The molecule has 0 saturated heterocycles. The second-order valence-corrected chi connectivity index (χ2v) is 3.86. The maximum Gasteiger partial charge on any atom is 0.269 e. The number of hydrogen-bond acceptors (Lipinski definition) is 4. The van der Waals surface area contributed by atoms with Crippen LogP contribution in [-0.4, -0.2) is 4.92 Å². The molecule has 0 spiro atoms. The fourth-order valence-corrected chi connectivity index (χ4v) is 1.59. The molecule has 0 atom stereocenters. The molecular weight excluding hydrogens is 230 g/mol. The van der Waals surface area contributed by atoms with Gasteiger partial charge >= 0.3 is 0 Å². The quantitative estimate of drug-likeness (QED) is 0.491. The van der Waals surface area contributed by atoms with Crippen molar-refractivity contribution in [2.75, 3.05) is 11.1 Å². The highest BCUT2D eigenvalue weighted by molar-refractivity contribution is 5.52. The van der Waals surface area contributed by atoms with Gasteiger partial charge in [-0.3, -0.25) is 10.1 Å². The summed E-state index contributed by atoms with van der Waals surface area (Å²) in [6.45, 7) is 0.588. The first kappa shape index (κ1) is 11.9. The van der Waals surface area contributed by atoms with E-state index in [2.05, 4.69) is 5.32 Å². The van der Waals surface area contributed by atoms with Crippen LogP contribution in [0.4, 0.5) is 17.1 Å². The van der Waals surface area contributed by atoms with Gasteiger partial charge in [-0.1, -0.05) is 18.2 Å². The lowest BCUT2D eigenvalue weighted by Crippen LogP contribution is -2.02. The summed E-state index contributed by atoms with van der Waals surface area (Å²) in [4.78, 5) is 10.1. The van der Waals surface area contributed by atoms with Crippen LogP contribution in [0.2, 0.25) is 0 Å². The normalized spacial score (nSPS) is 10.0. The zero-order valence-corrected chi connectivity index (χ0v) is 9.67. The largest absolute Gasteiger partial charge is 0.398 e. The van der Waals surface area contributed by atoms with Crippen LogP contribution in [0.3, 0.4) is 0 Å². The Kier molecular flexibility index (Phi) is 3.43. The molecule has 0 aliphatic carbocycles. The summed E-state index contributed by atoms with van der Waals surface area (Å²) in [6.07, 6.45) is 0. The van der Waals surface area contributed by atoms with Crippen molar-refractivity contribution >= 4 is 17.1 Å². The highest BCUT2D eigenvalue weighted by Crippen LogP contribution is 2.17. The minimum absolute atomic E-state index is 0.0831. The molecule has 0 heterocycles. The van der Waals surface area contributed by atoms with Crippen molar-refractivity contribution in [1.29, 1.82) is 0 Å². The summed E-state index contributed by atoms with van der Waals surface area (Å²) in [6, 6.07) is 13.9. The topological polar surface area (TPSA) is 81.2 Å². The van der Waals surface area contributed by atoms with Crippen LogP contribution in [0.5, 0.6) is 0 Å². The van der Waals surface area contributed by atoms with Gasteiger partial charge in [-0.05, 0) is 23.8 Å². The Morgan fingerprint density at radius 2 is 1.78 bits per heavy atom. The van der Waals surface area contributed by atoms with Crippen LogP contribution < -0.4 is 11.1 Å². The number of nitro benzene ring substituents is 1. The van der Waals surface area contributed by atoms with Gasteiger partial charge in [-0.15, -0.1) is 0 Å². The molecule has 5 heteroatoms. The summed E-state index contributed by atoms with van der Waals surface area (Å²) in [5.74, 6) is 0. The highest BCUT2D eigenvalue weighted by Gasteiger charge is 2.03. The fourth-order valence-electron chi connectivity index (χ4n) is 1.59. The van der Waals surface area contributed by atoms with E-state index in [9.17, 15) is 10.1 Å². The van der Waals surface area contributed by atoms with Crippen molar-refractivity contribution in [3.8, 4) is 0 Å². The summed E-state index contributed by atoms with van der Waals surface area (Å²) in [5, 5.41) is 13.7. The molecule has 0 aliphatic heterocycles. The number of anilines is 2. The van der Waals surface area contributed by atoms with E-state index in [1.54, 1.807) is 12.1 Å². The van der Waals surface area contributed by atoms with Crippen LogP contribution in [0.25, 0.3) is 0 Å². The Morgan fingerprint density at radius 1 is 1.11 bits per heavy atom. The lowest BCUT2D eigenvalue weighted by atomic mass is 10.2. The zero-order chi connectivity index (χ0) is 13.0. The second kappa shape index (κ2) is 5.18. The standard InChI is InChI=1S/C13H13N3O2/c14-13-4-2-1-3-10(13)9-15-11-5-7-12(8-6-11)16(17)18/h1-8,15H,9,14H2. The number of nitrogens with two attached hydrogens (primary N) is 1. The van der Waals surface area contributed by atoms with E-state index in [0.29, 0.717) is 6.54 Å². The SMILES string of the molecule is Nc1ccccc1CNc1ccc([N+](=O)[O-])cc1. The predicted octanol–water partition coefficient (Wildman–Crippen LogP) is 2.79. The molecule has 2 aromatic rings. The van der Waals surface area contributed by atoms with Gasteiger partial charge in [-0.2, -0.15) is 0 Å². The molecule has 0 saturated carbocycles. The summed E-state index contributed by atoms with van der Waals surface area (Å²) in [7, 11) is 0. The molecule has 0 bridgehead atoms. The van der Waals surface area contributed by atoms with E-state index >= 15 is 0 Å². The molecule has 0 aliphatic rings. The van der Waals surface area contributed by atoms with Crippen LogP contribution in [0.1, 0.15) is 5.56 Å². The van der Waals surface area contributed by atoms with Gasteiger partial charge in [0, 0.05) is 30.1 Å². The van der Waals surface area contributed by atoms with Gasteiger partial charge in [0.2, 0.25) is 0 Å².